The molecule has 4 heteroatoms. The van der Waals surface area contributed by atoms with Crippen molar-refractivity contribution in [3.8, 4) is 0 Å². The molecule has 35 heavy (non-hydrogen) atoms. The third kappa shape index (κ3) is 23.1. The van der Waals surface area contributed by atoms with Crippen molar-refractivity contribution >= 4 is 11.9 Å². The minimum atomic E-state index is -1.04. The Labute approximate surface area is 218 Å². The number of rotatable bonds is 25. The molecule has 1 N–H and O–H groups in total. The van der Waals surface area contributed by atoms with Gasteiger partial charge in [-0.05, 0) is 33.6 Å². The monoisotopic (exact) mass is 496 g/mol. The lowest BCUT2D eigenvalue weighted by Crippen LogP contribution is -2.32. The molecule has 0 saturated carbocycles. The van der Waals surface area contributed by atoms with E-state index >= 15 is 0 Å². The molecule has 1 unspecified atom stereocenters. The van der Waals surface area contributed by atoms with Crippen LogP contribution < -0.4 is 0 Å². The molecule has 0 aromatic carbocycles. The molecule has 0 fully saturated rings. The predicted octanol–water partition coefficient (Wildman–Crippen LogP) is 10.0. The summed E-state index contributed by atoms with van der Waals surface area (Å²) in [5.41, 5.74) is -0.666. The highest BCUT2D eigenvalue weighted by molar-refractivity contribution is 5.80. The first kappa shape index (κ1) is 33.9. The van der Waals surface area contributed by atoms with Crippen molar-refractivity contribution in [1.82, 2.24) is 0 Å². The van der Waals surface area contributed by atoms with Gasteiger partial charge in [0.25, 0.3) is 0 Å². The number of unbranched alkanes of at least 4 members (excludes halogenated alkanes) is 21. The molecule has 0 saturated heterocycles. The molecule has 0 heterocycles. The highest BCUT2D eigenvalue weighted by Crippen LogP contribution is 2.19. The Morgan fingerprint density at radius 1 is 0.571 bits per heavy atom. The van der Waals surface area contributed by atoms with Crippen LogP contribution in [0.3, 0.4) is 0 Å². The van der Waals surface area contributed by atoms with E-state index in [0.29, 0.717) is 6.42 Å². The van der Waals surface area contributed by atoms with Crippen LogP contribution >= 0.6 is 0 Å². The summed E-state index contributed by atoms with van der Waals surface area (Å²) in [4.78, 5) is 23.2. The summed E-state index contributed by atoms with van der Waals surface area (Å²) in [6, 6.07) is 0. The van der Waals surface area contributed by atoms with E-state index < -0.39 is 23.5 Å². The maximum Gasteiger partial charge on any atom is 0.345 e. The van der Waals surface area contributed by atoms with Crippen molar-refractivity contribution in [1.29, 1.82) is 0 Å². The van der Waals surface area contributed by atoms with E-state index in [-0.39, 0.29) is 0 Å². The molecule has 1 atom stereocenters. The fourth-order valence-corrected chi connectivity index (χ4v) is 4.48. The molecule has 4 nitrogen and oxygen atoms in total. The van der Waals surface area contributed by atoms with Crippen LogP contribution in [0.2, 0.25) is 0 Å². The average molecular weight is 497 g/mol. The second-order valence-electron chi connectivity index (χ2n) is 11.7. The van der Waals surface area contributed by atoms with Gasteiger partial charge in [0.05, 0.1) is 5.41 Å². The number of carboxylic acids is 1. The second-order valence-corrected chi connectivity index (χ2v) is 11.7. The molecule has 0 aliphatic carbocycles. The number of aliphatic carboxylic acids is 1. The highest BCUT2D eigenvalue weighted by Gasteiger charge is 2.29. The maximum atomic E-state index is 11.9. The Bertz CT molecular complexity index is 495. The Morgan fingerprint density at radius 3 is 1.11 bits per heavy atom. The molecule has 0 amide bonds. The molecule has 0 aromatic rings. The fourth-order valence-electron chi connectivity index (χ4n) is 4.48. The number of carbonyl (C=O) groups excluding carboxylic acids is 1. The van der Waals surface area contributed by atoms with E-state index in [1.807, 2.05) is 0 Å². The lowest BCUT2D eigenvalue weighted by Gasteiger charge is -2.20. The highest BCUT2D eigenvalue weighted by atomic mass is 16.6. The van der Waals surface area contributed by atoms with Crippen LogP contribution in [0.4, 0.5) is 0 Å². The van der Waals surface area contributed by atoms with Crippen LogP contribution in [0.25, 0.3) is 0 Å². The zero-order valence-corrected chi connectivity index (χ0v) is 24.0. The van der Waals surface area contributed by atoms with Crippen LogP contribution in [0.5, 0.6) is 0 Å². The average Bonchev–Trinajstić information content (AvgIpc) is 2.80. The number of hydrogen-bond donors (Lipinski definition) is 1. The quantitative estimate of drug-likeness (QED) is 0.101. The minimum absolute atomic E-state index is 0.413. The summed E-state index contributed by atoms with van der Waals surface area (Å²) in [5.74, 6) is -1.48. The van der Waals surface area contributed by atoms with E-state index in [1.54, 1.807) is 20.8 Å². The third-order valence-electron chi connectivity index (χ3n) is 6.96. The van der Waals surface area contributed by atoms with Crippen molar-refractivity contribution in [2.75, 3.05) is 0 Å². The second kappa shape index (κ2) is 23.3. The molecule has 0 aliphatic heterocycles. The maximum absolute atomic E-state index is 11.9. The molecule has 208 valence electrons. The van der Waals surface area contributed by atoms with E-state index in [9.17, 15) is 14.7 Å². The fraction of sp³-hybridized carbons (Fsp3) is 0.935. The topological polar surface area (TPSA) is 63.6 Å². The molecule has 0 aliphatic rings. The Hall–Kier alpha value is -1.06. The number of ether oxygens (including phenoxy) is 1. The van der Waals surface area contributed by atoms with Crippen molar-refractivity contribution in [2.24, 2.45) is 5.41 Å². The van der Waals surface area contributed by atoms with Gasteiger partial charge in [-0.2, -0.15) is 0 Å². The Kier molecular flexibility index (Phi) is 22.6. The van der Waals surface area contributed by atoms with Gasteiger partial charge in [0, 0.05) is 0 Å². The van der Waals surface area contributed by atoms with E-state index in [2.05, 4.69) is 6.92 Å². The van der Waals surface area contributed by atoms with Gasteiger partial charge in [0.1, 0.15) is 0 Å². The van der Waals surface area contributed by atoms with Crippen molar-refractivity contribution in [3.05, 3.63) is 0 Å². The Balaban J connectivity index is 3.35. The first-order valence-electron chi connectivity index (χ1n) is 15.2. The zero-order valence-electron chi connectivity index (χ0n) is 24.0. The Morgan fingerprint density at radius 2 is 0.857 bits per heavy atom. The van der Waals surface area contributed by atoms with Gasteiger partial charge in [-0.15, -0.1) is 0 Å². The summed E-state index contributed by atoms with van der Waals surface area (Å²) < 4.78 is 5.18. The molecule has 0 aromatic heterocycles. The summed E-state index contributed by atoms with van der Waals surface area (Å²) in [7, 11) is 0. The van der Waals surface area contributed by atoms with Gasteiger partial charge in [0.2, 0.25) is 0 Å². The van der Waals surface area contributed by atoms with Gasteiger partial charge in [-0.3, -0.25) is 4.79 Å². The molecule has 0 radical (unpaired) electrons. The molecule has 0 bridgehead atoms. The smallest absolute Gasteiger partial charge is 0.345 e. The van der Waals surface area contributed by atoms with Crippen molar-refractivity contribution < 1.29 is 19.4 Å². The summed E-state index contributed by atoms with van der Waals surface area (Å²) in [5, 5.41) is 9.28. The summed E-state index contributed by atoms with van der Waals surface area (Å²) in [6.07, 6.45) is 28.8. The van der Waals surface area contributed by atoms with Crippen LogP contribution in [-0.2, 0) is 14.3 Å². The summed E-state index contributed by atoms with van der Waals surface area (Å²) >= 11 is 0. The van der Waals surface area contributed by atoms with Gasteiger partial charge < -0.3 is 9.84 Å². The zero-order chi connectivity index (χ0) is 26.2. The van der Waals surface area contributed by atoms with Gasteiger partial charge in [-0.25, -0.2) is 4.79 Å². The van der Waals surface area contributed by atoms with Crippen LogP contribution in [0.1, 0.15) is 175 Å². The number of hydrogen-bond acceptors (Lipinski definition) is 3. The lowest BCUT2D eigenvalue weighted by molar-refractivity contribution is -0.170. The molecular weight excluding hydrogens is 436 g/mol. The largest absolute Gasteiger partial charge is 0.479 e. The van der Waals surface area contributed by atoms with Crippen LogP contribution in [0.15, 0.2) is 0 Å². The number of esters is 1. The minimum Gasteiger partial charge on any atom is -0.479 e. The van der Waals surface area contributed by atoms with E-state index in [0.717, 1.165) is 19.3 Å². The normalized spacial score (nSPS) is 12.6. The van der Waals surface area contributed by atoms with Crippen LogP contribution in [0, 0.1) is 5.41 Å². The van der Waals surface area contributed by atoms with Gasteiger partial charge in [-0.1, -0.05) is 142 Å². The van der Waals surface area contributed by atoms with Crippen molar-refractivity contribution in [3.63, 3.8) is 0 Å². The van der Waals surface area contributed by atoms with E-state index in [4.69, 9.17) is 4.74 Å². The predicted molar refractivity (Wildman–Crippen MR) is 149 cm³/mol. The number of carboxylic acid groups (broad SMARTS) is 1. The summed E-state index contributed by atoms with van der Waals surface area (Å²) in [6.45, 7) is 7.52. The lowest BCUT2D eigenvalue weighted by atomic mass is 9.97. The molecule has 0 rings (SSSR count). The number of carbonyl (C=O) groups is 2. The SMILES string of the molecule is CCCCCCCCCCCCCCCCCCCCCCCCC(OC(=O)C(C)(C)C)C(=O)O. The van der Waals surface area contributed by atoms with Gasteiger partial charge >= 0.3 is 11.9 Å². The first-order valence-corrected chi connectivity index (χ1v) is 15.2. The molecule has 0 spiro atoms. The van der Waals surface area contributed by atoms with Crippen molar-refractivity contribution in [2.45, 2.75) is 181 Å². The third-order valence-corrected chi connectivity index (χ3v) is 6.96. The first-order chi connectivity index (χ1) is 16.8. The standard InChI is InChI=1S/C31H60O4/c1-5-6-7-8-9-10-11-12-13-14-15-16-17-18-19-20-21-22-23-24-25-26-27-28(29(32)33)35-30(34)31(2,3)4/h28H,5-27H2,1-4H3,(H,32,33). The van der Waals surface area contributed by atoms with Crippen LogP contribution in [-0.4, -0.2) is 23.1 Å². The van der Waals surface area contributed by atoms with E-state index in [1.165, 1.54) is 122 Å². The van der Waals surface area contributed by atoms with Gasteiger partial charge in [0.15, 0.2) is 6.10 Å². The molecular formula is C31H60O4.